The molecule has 3 heteroatoms. The van der Waals surface area contributed by atoms with Gasteiger partial charge in [0.2, 0.25) is 0 Å². The van der Waals surface area contributed by atoms with Gasteiger partial charge in [-0.1, -0.05) is 0 Å². The molecule has 1 aliphatic rings. The highest BCUT2D eigenvalue weighted by atomic mass is 16.5. The van der Waals surface area contributed by atoms with Crippen molar-refractivity contribution >= 4 is 5.69 Å². The predicted octanol–water partition coefficient (Wildman–Crippen LogP) is 2.66. The second kappa shape index (κ2) is 5.61. The summed E-state index contributed by atoms with van der Waals surface area (Å²) >= 11 is 0. The molecule has 1 N–H and O–H groups in total. The van der Waals surface area contributed by atoms with E-state index >= 15 is 0 Å². The largest absolute Gasteiger partial charge is 0.494 e. The van der Waals surface area contributed by atoms with Gasteiger partial charge in [0.05, 0.1) is 6.61 Å². The summed E-state index contributed by atoms with van der Waals surface area (Å²) in [5.41, 5.74) is 1.52. The van der Waals surface area contributed by atoms with Crippen molar-refractivity contribution < 1.29 is 4.74 Å². The second-order valence-electron chi connectivity index (χ2n) is 5.26. The summed E-state index contributed by atoms with van der Waals surface area (Å²) in [5, 5.41) is 3.45. The van der Waals surface area contributed by atoms with Crippen LogP contribution < -0.4 is 15.0 Å². The first-order valence-electron chi connectivity index (χ1n) is 6.83. The van der Waals surface area contributed by atoms with Gasteiger partial charge in [0.1, 0.15) is 5.75 Å². The van der Waals surface area contributed by atoms with E-state index in [-0.39, 0.29) is 5.54 Å². The number of benzene rings is 1. The third kappa shape index (κ3) is 2.96. The number of ether oxygens (including phenoxy) is 1. The fourth-order valence-electron chi connectivity index (χ4n) is 2.58. The number of nitrogens with one attached hydrogen (secondary N) is 1. The SMILES string of the molecule is CCOc1ccc(N2CCCC(C)(NC)C2)cc1. The lowest BCUT2D eigenvalue weighted by molar-refractivity contribution is 0.316. The summed E-state index contributed by atoms with van der Waals surface area (Å²) in [6, 6.07) is 8.44. The van der Waals surface area contributed by atoms with E-state index in [0.29, 0.717) is 0 Å². The molecular weight excluding hydrogens is 224 g/mol. The van der Waals surface area contributed by atoms with Crippen LogP contribution in [0.25, 0.3) is 0 Å². The maximum atomic E-state index is 5.48. The van der Waals surface area contributed by atoms with Crippen molar-refractivity contribution in [2.45, 2.75) is 32.2 Å². The molecule has 1 aliphatic heterocycles. The van der Waals surface area contributed by atoms with Crippen molar-refractivity contribution in [1.29, 1.82) is 0 Å². The van der Waals surface area contributed by atoms with Gasteiger partial charge in [-0.15, -0.1) is 0 Å². The first-order valence-corrected chi connectivity index (χ1v) is 6.83. The molecule has 0 aliphatic carbocycles. The van der Waals surface area contributed by atoms with Crippen molar-refractivity contribution in [3.05, 3.63) is 24.3 Å². The van der Waals surface area contributed by atoms with Crippen LogP contribution in [0.4, 0.5) is 5.69 Å². The molecule has 1 aromatic rings. The van der Waals surface area contributed by atoms with Crippen LogP contribution in [0.15, 0.2) is 24.3 Å². The topological polar surface area (TPSA) is 24.5 Å². The highest BCUT2D eigenvalue weighted by molar-refractivity contribution is 5.50. The normalized spacial score (nSPS) is 24.1. The Kier molecular flexibility index (Phi) is 4.12. The molecule has 0 saturated carbocycles. The van der Waals surface area contributed by atoms with Crippen molar-refractivity contribution in [2.24, 2.45) is 0 Å². The third-order valence-corrected chi connectivity index (χ3v) is 3.81. The molecule has 0 bridgehead atoms. The van der Waals surface area contributed by atoms with Crippen molar-refractivity contribution in [1.82, 2.24) is 5.32 Å². The summed E-state index contributed by atoms with van der Waals surface area (Å²) in [4.78, 5) is 2.45. The first-order chi connectivity index (χ1) is 8.67. The Morgan fingerprint density at radius 1 is 1.33 bits per heavy atom. The molecule has 0 radical (unpaired) electrons. The van der Waals surface area contributed by atoms with Gasteiger partial charge in [-0.2, -0.15) is 0 Å². The van der Waals surface area contributed by atoms with Crippen LogP contribution in [-0.4, -0.2) is 32.3 Å². The number of hydrogen-bond acceptors (Lipinski definition) is 3. The van der Waals surface area contributed by atoms with E-state index in [4.69, 9.17) is 4.74 Å². The molecule has 0 amide bonds. The Balaban J connectivity index is 2.06. The lowest BCUT2D eigenvalue weighted by Crippen LogP contribution is -2.53. The quantitative estimate of drug-likeness (QED) is 0.886. The first kappa shape index (κ1) is 13.2. The average Bonchev–Trinajstić information content (AvgIpc) is 2.40. The van der Waals surface area contributed by atoms with Crippen LogP contribution in [0.3, 0.4) is 0 Å². The van der Waals surface area contributed by atoms with Crippen LogP contribution >= 0.6 is 0 Å². The third-order valence-electron chi connectivity index (χ3n) is 3.81. The van der Waals surface area contributed by atoms with Crippen molar-refractivity contribution in [3.8, 4) is 5.75 Å². The van der Waals surface area contributed by atoms with Gasteiger partial charge in [-0.05, 0) is 58.0 Å². The Labute approximate surface area is 110 Å². The van der Waals surface area contributed by atoms with Crippen LogP contribution in [0.2, 0.25) is 0 Å². The Hall–Kier alpha value is -1.22. The highest BCUT2D eigenvalue weighted by Crippen LogP contribution is 2.26. The Morgan fingerprint density at radius 3 is 2.67 bits per heavy atom. The minimum atomic E-state index is 0.233. The van der Waals surface area contributed by atoms with E-state index < -0.39 is 0 Å². The molecule has 0 spiro atoms. The van der Waals surface area contributed by atoms with Crippen LogP contribution in [0, 0.1) is 0 Å². The Morgan fingerprint density at radius 2 is 2.06 bits per heavy atom. The molecule has 1 fully saturated rings. The van der Waals surface area contributed by atoms with Gasteiger partial charge in [-0.3, -0.25) is 0 Å². The number of anilines is 1. The summed E-state index contributed by atoms with van der Waals surface area (Å²) in [6.07, 6.45) is 2.49. The minimum Gasteiger partial charge on any atom is -0.494 e. The fraction of sp³-hybridized carbons (Fsp3) is 0.600. The van der Waals surface area contributed by atoms with Crippen LogP contribution in [0.5, 0.6) is 5.75 Å². The zero-order valence-corrected chi connectivity index (χ0v) is 11.7. The Bertz CT molecular complexity index is 377. The number of likely N-dealkylation sites (N-methyl/N-ethyl adjacent to an activating group) is 1. The number of piperidine rings is 1. The monoisotopic (exact) mass is 248 g/mol. The molecule has 1 atom stereocenters. The van der Waals surface area contributed by atoms with Crippen LogP contribution in [-0.2, 0) is 0 Å². The van der Waals surface area contributed by atoms with E-state index in [2.05, 4.69) is 48.5 Å². The van der Waals surface area contributed by atoms with Crippen LogP contribution in [0.1, 0.15) is 26.7 Å². The van der Waals surface area contributed by atoms with Gasteiger partial charge in [-0.25, -0.2) is 0 Å². The summed E-state index contributed by atoms with van der Waals surface area (Å²) in [7, 11) is 2.06. The number of hydrogen-bond donors (Lipinski definition) is 1. The van der Waals surface area contributed by atoms with E-state index in [0.717, 1.165) is 25.4 Å². The standard InChI is InChI=1S/C15H24N2O/c1-4-18-14-8-6-13(7-9-14)17-11-5-10-15(2,12-17)16-3/h6-9,16H,4-5,10-12H2,1-3H3. The maximum absolute atomic E-state index is 5.48. The lowest BCUT2D eigenvalue weighted by atomic mass is 9.91. The molecule has 3 nitrogen and oxygen atoms in total. The molecule has 18 heavy (non-hydrogen) atoms. The summed E-state index contributed by atoms with van der Waals surface area (Å²) in [6.45, 7) is 7.24. The van der Waals surface area contributed by atoms with E-state index in [1.807, 2.05) is 6.92 Å². The van der Waals surface area contributed by atoms with E-state index in [1.165, 1.54) is 18.5 Å². The molecule has 1 saturated heterocycles. The van der Waals surface area contributed by atoms with Crippen molar-refractivity contribution in [3.63, 3.8) is 0 Å². The lowest BCUT2D eigenvalue weighted by Gasteiger charge is -2.41. The smallest absolute Gasteiger partial charge is 0.119 e. The summed E-state index contributed by atoms with van der Waals surface area (Å²) < 4.78 is 5.48. The molecule has 1 heterocycles. The van der Waals surface area contributed by atoms with Gasteiger partial charge in [0.15, 0.2) is 0 Å². The van der Waals surface area contributed by atoms with E-state index in [9.17, 15) is 0 Å². The highest BCUT2D eigenvalue weighted by Gasteiger charge is 2.29. The maximum Gasteiger partial charge on any atom is 0.119 e. The van der Waals surface area contributed by atoms with E-state index in [1.54, 1.807) is 0 Å². The molecule has 0 aromatic heterocycles. The second-order valence-corrected chi connectivity index (χ2v) is 5.26. The van der Waals surface area contributed by atoms with Gasteiger partial charge in [0.25, 0.3) is 0 Å². The number of nitrogens with zero attached hydrogens (tertiary/aromatic N) is 1. The summed E-state index contributed by atoms with van der Waals surface area (Å²) in [5.74, 6) is 0.953. The predicted molar refractivity (Wildman–Crippen MR) is 76.5 cm³/mol. The van der Waals surface area contributed by atoms with Crippen molar-refractivity contribution in [2.75, 3.05) is 31.6 Å². The fourth-order valence-corrected chi connectivity index (χ4v) is 2.58. The van der Waals surface area contributed by atoms with Gasteiger partial charge < -0.3 is 15.0 Å². The zero-order chi connectivity index (χ0) is 13.0. The molecule has 2 rings (SSSR count). The average molecular weight is 248 g/mol. The van der Waals surface area contributed by atoms with Gasteiger partial charge in [0, 0.05) is 24.3 Å². The number of rotatable bonds is 4. The molecule has 100 valence electrons. The minimum absolute atomic E-state index is 0.233. The molecule has 1 aromatic carbocycles. The molecular formula is C15H24N2O. The zero-order valence-electron chi connectivity index (χ0n) is 11.7. The van der Waals surface area contributed by atoms with Gasteiger partial charge >= 0.3 is 0 Å². The molecule has 1 unspecified atom stereocenters.